The van der Waals surface area contributed by atoms with Crippen molar-refractivity contribution in [2.45, 2.75) is 0 Å². The van der Waals surface area contributed by atoms with Gasteiger partial charge in [-0.3, -0.25) is 0 Å². The van der Waals surface area contributed by atoms with Crippen molar-refractivity contribution in [1.82, 2.24) is 0 Å². The molecule has 0 saturated heterocycles. The quantitative estimate of drug-likeness (QED) is 0.243. The summed E-state index contributed by atoms with van der Waals surface area (Å²) in [6.07, 6.45) is 1.00. The normalized spacial score (nSPS) is 3.33. The van der Waals surface area contributed by atoms with E-state index in [9.17, 15) is 0 Å². The van der Waals surface area contributed by atoms with Gasteiger partial charge in [0, 0.05) is 21.5 Å². The van der Waals surface area contributed by atoms with Crippen LogP contribution in [0, 0.1) is 10.8 Å². The van der Waals surface area contributed by atoms with Gasteiger partial charge >= 0.3 is 27.3 Å². The van der Waals surface area contributed by atoms with Crippen LogP contribution in [0.3, 0.4) is 0 Å². The molecule has 4 nitrogen and oxygen atoms in total. The minimum atomic E-state index is 0. The zero-order chi connectivity index (χ0) is 7.41. The van der Waals surface area contributed by atoms with E-state index in [1.807, 2.05) is 0 Å². The van der Waals surface area contributed by atoms with Gasteiger partial charge in [-0.05, 0) is 8.91 Å². The summed E-state index contributed by atoms with van der Waals surface area (Å²) >= 11 is 1.62. The van der Waals surface area contributed by atoms with Crippen molar-refractivity contribution >= 4 is 70.3 Å². The van der Waals surface area contributed by atoms with E-state index in [1.165, 1.54) is 0 Å². The summed E-state index contributed by atoms with van der Waals surface area (Å²) in [5.74, 6) is 0. The minimum absolute atomic E-state index is 0. The van der Waals surface area contributed by atoms with Gasteiger partial charge in [-0.15, -0.1) is 12.7 Å². The second-order valence-corrected chi connectivity index (χ2v) is 0.289. The molecular weight excluding hydrogens is 450 g/mol. The average molecular weight is 456 g/mol. The van der Waals surface area contributed by atoms with E-state index in [0.717, 1.165) is 0 Å². The summed E-state index contributed by atoms with van der Waals surface area (Å²) in [5, 5.41) is 11.5. The van der Waals surface area contributed by atoms with E-state index >= 15 is 0 Å². The molecule has 0 fully saturated rings. The average Bonchev–Trinajstić information content (AvgIpc) is 1.75. The fourth-order valence-electron chi connectivity index (χ4n) is 0. The third kappa shape index (κ3) is 541. The van der Waals surface area contributed by atoms with Crippen LogP contribution in [-0.4, -0.2) is 40.0 Å². The van der Waals surface area contributed by atoms with E-state index in [0.29, 0.717) is 12.7 Å². The Balaban J connectivity index is -0.0000000202. The van der Waals surface area contributed by atoms with Gasteiger partial charge in [0.15, 0.2) is 0 Å². The van der Waals surface area contributed by atoms with Crippen molar-refractivity contribution in [3.8, 4) is 0 Å². The molecule has 4 N–H and O–H groups in total. The Kier molecular flexibility index (Phi) is 166. The monoisotopic (exact) mass is 456 g/mol. The maximum atomic E-state index is 5.75. The Morgan fingerprint density at radius 2 is 1.11 bits per heavy atom. The summed E-state index contributed by atoms with van der Waals surface area (Å²) in [5.41, 5.74) is 11.5. The molecule has 0 rings (SSSR count). The Bertz CT molecular complexity index is 39.5. The fraction of sp³-hybridized carbons (Fsp3) is 0. The van der Waals surface area contributed by atoms with Crippen LogP contribution in [-0.2, 0) is 0 Å². The Hall–Kier alpha value is 0.882. The number of hydrogen-bond donors (Lipinski definition) is 2. The number of halogens is 2. The van der Waals surface area contributed by atoms with E-state index < -0.39 is 0 Å². The van der Waals surface area contributed by atoms with Gasteiger partial charge in [0.25, 0.3) is 0 Å². The standard InChI is InChI=1S/2CH3N2.ClI.Pb/c2*2-1-3;1-2;/h2*1H,(H2-,2,3);;/q2*-1;;+2. The van der Waals surface area contributed by atoms with Crippen LogP contribution >= 0.6 is 30.4 Å². The summed E-state index contributed by atoms with van der Waals surface area (Å²) in [7, 11) is 4.61. The Morgan fingerprint density at radius 3 is 1.11 bits per heavy atom. The molecule has 0 aliphatic carbocycles. The molecule has 0 aromatic carbocycles. The smallest absolute Gasteiger partial charge is 0.489 e. The summed E-state index contributed by atoms with van der Waals surface area (Å²) in [6, 6.07) is 0. The zero-order valence-corrected chi connectivity index (χ0v) is 11.2. The van der Waals surface area contributed by atoms with Crippen LogP contribution in [0.25, 0.3) is 11.5 Å². The molecule has 0 unspecified atom stereocenters. The number of rotatable bonds is 0. The molecule has 0 bridgehead atoms. The van der Waals surface area contributed by atoms with Crippen molar-refractivity contribution in [1.29, 1.82) is 10.8 Å². The molecule has 0 aromatic rings. The van der Waals surface area contributed by atoms with Crippen molar-refractivity contribution in [3.05, 3.63) is 11.5 Å². The molecule has 0 atom stereocenters. The number of hydrogen-bond acceptors (Lipinski definition) is 2. The molecule has 9 heavy (non-hydrogen) atoms. The van der Waals surface area contributed by atoms with Crippen molar-refractivity contribution in [3.63, 3.8) is 0 Å². The molecule has 0 aliphatic heterocycles. The van der Waals surface area contributed by atoms with Crippen molar-refractivity contribution < 1.29 is 0 Å². The maximum Gasteiger partial charge on any atom is 2.00 e. The van der Waals surface area contributed by atoms with E-state index in [-0.39, 0.29) is 27.3 Å². The largest absolute Gasteiger partial charge is 2.00 e. The van der Waals surface area contributed by atoms with Crippen molar-refractivity contribution in [2.24, 2.45) is 0 Å². The molecule has 0 saturated carbocycles. The fourth-order valence-corrected chi connectivity index (χ4v) is 0. The van der Waals surface area contributed by atoms with Crippen LogP contribution in [0.2, 0.25) is 0 Å². The van der Waals surface area contributed by atoms with Crippen molar-refractivity contribution in [2.75, 3.05) is 0 Å². The predicted octanol–water partition coefficient (Wildman–Crippen LogP) is 2.49. The predicted molar refractivity (Wildman–Crippen MR) is 51.8 cm³/mol. The Labute approximate surface area is 91.7 Å². The van der Waals surface area contributed by atoms with Gasteiger partial charge in [-0.1, -0.05) is 0 Å². The first kappa shape index (κ1) is 22.5. The molecule has 2 radical (unpaired) electrons. The summed E-state index contributed by atoms with van der Waals surface area (Å²) in [4.78, 5) is 0. The zero-order valence-electron chi connectivity index (χ0n) is 4.41. The van der Waals surface area contributed by atoms with Gasteiger partial charge in [-0.2, -0.15) is 0 Å². The third-order valence-electron chi connectivity index (χ3n) is 0. The molecular formula is C2H6ClIN4Pb. The summed E-state index contributed by atoms with van der Waals surface area (Å²) < 4.78 is 0. The molecule has 0 spiro atoms. The number of nitrogens with one attached hydrogen (secondary N) is 4. The topological polar surface area (TPSA) is 95.3 Å². The first-order chi connectivity index (χ1) is 3.83. The van der Waals surface area contributed by atoms with Gasteiger partial charge in [-0.25, -0.2) is 0 Å². The van der Waals surface area contributed by atoms with Gasteiger partial charge < -0.3 is 22.3 Å². The first-order valence-electron chi connectivity index (χ1n) is 1.30. The molecule has 7 heteroatoms. The minimum Gasteiger partial charge on any atom is -0.489 e. The van der Waals surface area contributed by atoms with Gasteiger partial charge in [0.05, 0.1) is 0 Å². The van der Waals surface area contributed by atoms with Crippen LogP contribution in [0.1, 0.15) is 0 Å². The van der Waals surface area contributed by atoms with Gasteiger partial charge in [0.1, 0.15) is 0 Å². The molecule has 0 aliphatic rings. The second kappa shape index (κ2) is 66.4. The Morgan fingerprint density at radius 1 is 1.11 bits per heavy atom. The van der Waals surface area contributed by atoms with E-state index in [4.69, 9.17) is 22.3 Å². The van der Waals surface area contributed by atoms with Gasteiger partial charge in [0.2, 0.25) is 0 Å². The maximum absolute atomic E-state index is 5.75. The van der Waals surface area contributed by atoms with Crippen LogP contribution < -0.4 is 0 Å². The van der Waals surface area contributed by atoms with E-state index in [1.54, 1.807) is 21.5 Å². The van der Waals surface area contributed by atoms with Crippen LogP contribution in [0.4, 0.5) is 0 Å². The third-order valence-corrected chi connectivity index (χ3v) is 0. The molecule has 0 amide bonds. The molecule has 0 aromatic heterocycles. The molecule has 0 heterocycles. The first-order valence-corrected chi connectivity index (χ1v) is 4.03. The van der Waals surface area contributed by atoms with Crippen LogP contribution in [0.5, 0.6) is 0 Å². The second-order valence-electron chi connectivity index (χ2n) is 0.289. The van der Waals surface area contributed by atoms with Crippen LogP contribution in [0.15, 0.2) is 0 Å². The van der Waals surface area contributed by atoms with E-state index in [2.05, 4.69) is 8.91 Å². The summed E-state index contributed by atoms with van der Waals surface area (Å²) in [6.45, 7) is 0. The SMILES string of the molecule is ClI.N=C[NH-].N=C[NH-].[Pb+2]. The molecule has 52 valence electrons.